The van der Waals surface area contributed by atoms with Crippen molar-refractivity contribution < 1.29 is 67.4 Å². The molecule has 0 saturated heterocycles. The Balaban J connectivity index is -0.000000111. The summed E-state index contributed by atoms with van der Waals surface area (Å²) in [4.78, 5) is 172. The second kappa shape index (κ2) is 114. The molecule has 896 valence electrons. The van der Waals surface area contributed by atoms with Gasteiger partial charge in [0.15, 0.2) is 0 Å². The molecule has 4 unspecified atom stereocenters. The summed E-state index contributed by atoms with van der Waals surface area (Å²) in [6.45, 7) is 81.8. The van der Waals surface area contributed by atoms with Crippen molar-refractivity contribution in [1.29, 1.82) is 0 Å². The molecule has 27 nitrogen and oxygen atoms in total. The molecule has 0 rings (SSSR count). The van der Waals surface area contributed by atoms with Crippen LogP contribution in [0.5, 0.6) is 0 Å². The minimum atomic E-state index is -1.23. The fourth-order valence-electron chi connectivity index (χ4n) is 15.8. The Hall–Kier alpha value is -6.93. The fraction of sp³-hybridized carbons (Fsp3) is 0.893. The number of carbonyl (C=O) groups excluding carboxylic acids is 13. The van der Waals surface area contributed by atoms with Gasteiger partial charge in [0.05, 0.1) is 0 Å². The van der Waals surface area contributed by atoms with Crippen LogP contribution in [0.15, 0.2) is 0 Å². The molecule has 0 saturated carbocycles. The van der Waals surface area contributed by atoms with Gasteiger partial charge in [-0.15, -0.1) is 0 Å². The molecule has 13 amide bonds. The Morgan fingerprint density at radius 3 is 0.570 bits per heavy atom. The van der Waals surface area contributed by atoms with E-state index >= 15 is 0 Å². The van der Waals surface area contributed by atoms with E-state index in [4.69, 9.17) is 5.11 Å². The third kappa shape index (κ3) is 96.6. The highest BCUT2D eigenvalue weighted by Crippen LogP contribution is 2.22. The van der Waals surface area contributed by atoms with E-state index in [1.807, 2.05) is 176 Å². The number of amides is 13. The number of nitrogens with zero attached hydrogens (tertiary/aromatic N) is 13. The van der Waals surface area contributed by atoms with Crippen molar-refractivity contribution >= 4 is 76.8 Å². The summed E-state index contributed by atoms with van der Waals surface area (Å²) in [6, 6.07) is 0. The van der Waals surface area contributed by atoms with Gasteiger partial charge in [-0.3, -0.25) is 62.3 Å². The molecule has 0 aliphatic rings. The molecule has 0 radical (unpaired) electrons. The molecule has 0 fully saturated rings. The number of carbonyl (C=O) groups is 13. The molecule has 27 heteroatoms. The zero-order chi connectivity index (χ0) is 119. The van der Waals surface area contributed by atoms with Crippen LogP contribution in [0.1, 0.15) is 469 Å². The van der Waals surface area contributed by atoms with Crippen LogP contribution in [0.4, 0.5) is 0 Å². The van der Waals surface area contributed by atoms with Gasteiger partial charge in [-0.2, -0.15) is 0 Å². The average molecular weight is 2130 g/mol. The van der Waals surface area contributed by atoms with Gasteiger partial charge in [-0.05, 0) is 182 Å². The minimum Gasteiger partial charge on any atom is -0.381 e. The minimum absolute atomic E-state index is 0. The highest BCUT2D eigenvalue weighted by atomic mass is 16.3. The average Bonchev–Trinajstić information content (AvgIpc) is 0.874. The Morgan fingerprint density at radius 1 is 0.195 bits per heavy atom. The maximum Gasteiger partial charge on any atom is 0.253 e. The van der Waals surface area contributed by atoms with Gasteiger partial charge < -0.3 is 68.8 Å². The van der Waals surface area contributed by atoms with Crippen molar-refractivity contribution in [2.24, 2.45) is 71.0 Å². The number of likely N-dealkylation sites (N-methyl/N-ethyl adjacent to an activating group) is 1. The molecule has 0 aliphatic carbocycles. The summed E-state index contributed by atoms with van der Waals surface area (Å²) >= 11 is 0. The third-order valence-corrected chi connectivity index (χ3v) is 24.9. The van der Waals surface area contributed by atoms with Crippen molar-refractivity contribution in [2.45, 2.75) is 474 Å². The highest BCUT2D eigenvalue weighted by Gasteiger charge is 2.28. The van der Waals surface area contributed by atoms with E-state index in [1.54, 1.807) is 71.7 Å². The molecule has 1 N–H and O–H groups in total. The Bertz CT molecular complexity index is 3010. The lowest BCUT2D eigenvalue weighted by atomic mass is 9.97. The molecule has 0 spiro atoms. The second-order valence-corrected chi connectivity index (χ2v) is 42.2. The van der Waals surface area contributed by atoms with Gasteiger partial charge in [0, 0.05) is 249 Å². The molecule has 149 heavy (non-hydrogen) atoms. The predicted octanol–water partition coefficient (Wildman–Crippen LogP) is 26.0. The van der Waals surface area contributed by atoms with Crippen molar-refractivity contribution in [2.75, 3.05) is 178 Å². The van der Waals surface area contributed by atoms with Crippen LogP contribution in [0.2, 0.25) is 0 Å². The Morgan fingerprint density at radius 2 is 0.376 bits per heavy atom. The number of hydrogen-bond donors (Lipinski definition) is 1. The first-order valence-corrected chi connectivity index (χ1v) is 58.9. The van der Waals surface area contributed by atoms with Gasteiger partial charge in [-0.1, -0.05) is 286 Å². The van der Waals surface area contributed by atoms with Crippen molar-refractivity contribution in [1.82, 2.24) is 63.7 Å². The molecule has 4 atom stereocenters. The molecule has 0 aromatic heterocycles. The summed E-state index contributed by atoms with van der Waals surface area (Å²) in [5.41, 5.74) is -1.23. The van der Waals surface area contributed by atoms with E-state index in [1.165, 1.54) is 18.7 Å². The van der Waals surface area contributed by atoms with Crippen molar-refractivity contribution in [3.63, 3.8) is 0 Å². The standard InChI is InChI=1S/2C12H25NO.C11H23NO.4C10H21NO.2C9H19NO.2C8H17NO.C6H13NO2.C6H13NO.CH4/c1-5-8-11(9-6-2)12(14)13(4)10-7-3;1-5-8-11(4)12(14)13(9-6-2)10-7-3;1-5-8-10(9-6-2)11(13)12(4)7-3;1-5-7-9(8-6-2)10(12)11(3)4;1-5-7-9(3)10(12)11(4)8-6-2;1-5-7-11(8-6-2)10(12)9(3)4;1-5-8-9(6-2)10(12)11(4)7-3;1-5-7-8(6-2)9(11)10(3)4;1-5-8(6-2)9(11)10(4)7-3;1-5-6-9(4)8(10)7(2)3;1-5-7(6-2)8(10)9(3)4;1-6(2,9)5(8)7(3)4;1-5(2)6(8)7(3)4;/h2*11H,5-10H2,1-4H3;10H,5-9H2,1-4H3;4*9H,5-8H2,1-4H3;2*8H,5-7H2,1-4H3;2*7H,5-6H2,1-4H3;9H,1-4H3;5H,1-4H3;1H4. The molecule has 0 heterocycles. The summed E-state index contributed by atoms with van der Waals surface area (Å²) in [5.74, 6) is 5.72. The first kappa shape index (κ1) is 172. The van der Waals surface area contributed by atoms with Gasteiger partial charge in [-0.25, -0.2) is 0 Å². The first-order chi connectivity index (χ1) is 69.0. The highest BCUT2D eigenvalue weighted by molar-refractivity contribution is 5.84. The number of rotatable bonds is 56. The summed E-state index contributed by atoms with van der Waals surface area (Å²) in [5, 5.41) is 9.07. The fourth-order valence-corrected chi connectivity index (χ4v) is 15.8. The van der Waals surface area contributed by atoms with Gasteiger partial charge >= 0.3 is 0 Å². The monoisotopic (exact) mass is 2130 g/mol. The summed E-state index contributed by atoms with van der Waals surface area (Å²) in [6.07, 6.45) is 34.4. The Kier molecular flexibility index (Phi) is 131. The quantitative estimate of drug-likeness (QED) is 0.0593. The largest absolute Gasteiger partial charge is 0.381 e. The maximum atomic E-state index is 11.9. The Labute approximate surface area is 926 Å². The normalized spacial score (nSPS) is 11.1. The zero-order valence-corrected chi connectivity index (χ0v) is 108. The maximum absolute atomic E-state index is 11.9. The summed E-state index contributed by atoms with van der Waals surface area (Å²) < 4.78 is 0. The van der Waals surface area contributed by atoms with Gasteiger partial charge in [0.1, 0.15) is 5.60 Å². The smallest absolute Gasteiger partial charge is 0.253 e. The van der Waals surface area contributed by atoms with E-state index in [9.17, 15) is 62.3 Å². The molecule has 0 aliphatic heterocycles. The van der Waals surface area contributed by atoms with Crippen LogP contribution in [-0.4, -0.2) is 329 Å². The lowest BCUT2D eigenvalue weighted by molar-refractivity contribution is -0.145. The van der Waals surface area contributed by atoms with Crippen LogP contribution in [0.25, 0.3) is 0 Å². The zero-order valence-electron chi connectivity index (χ0n) is 108. The lowest BCUT2D eigenvalue weighted by Gasteiger charge is -2.24. The first-order valence-electron chi connectivity index (χ1n) is 58.9. The number of hydrogen-bond acceptors (Lipinski definition) is 14. The van der Waals surface area contributed by atoms with E-state index in [0.717, 1.165) is 277 Å². The third-order valence-electron chi connectivity index (χ3n) is 24.9. The predicted molar refractivity (Wildman–Crippen MR) is 643 cm³/mol. The van der Waals surface area contributed by atoms with Crippen LogP contribution >= 0.6 is 0 Å². The SMILES string of the molecule is C.CC(C)C(=O)N(C)C.CCC(CC)C(=O)N(C)C.CCC(CC)C(=O)N(C)CC.CCCC(C)C(=O)N(C)CCC.CCCC(C)C(=O)N(CCC)CCC.CCCC(CC)C(=O)N(C)C.CCCC(CC)C(=O)N(C)CC.CCCC(CCC)C(=O)N(C)C.CCCC(CCC)C(=O)N(C)CC.CCCC(CCC)C(=O)N(C)CCC.CCCN(C)C(=O)C(C)C.CCCN(CCC)C(=O)C(C)C.CN(C)C(=O)C(C)(C)O. The van der Waals surface area contributed by atoms with Crippen LogP contribution in [0.3, 0.4) is 0 Å². The molecule has 0 aromatic carbocycles. The van der Waals surface area contributed by atoms with Crippen molar-refractivity contribution in [3.8, 4) is 0 Å². The lowest BCUT2D eigenvalue weighted by Crippen LogP contribution is -2.40. The van der Waals surface area contributed by atoms with E-state index in [2.05, 4.69) is 159 Å². The van der Waals surface area contributed by atoms with Gasteiger partial charge in [0.25, 0.3) is 5.91 Å². The van der Waals surface area contributed by atoms with Crippen LogP contribution in [0, 0.1) is 71.0 Å². The van der Waals surface area contributed by atoms with E-state index < -0.39 is 5.60 Å². The second-order valence-electron chi connectivity index (χ2n) is 42.2. The molecule has 0 bridgehead atoms. The number of aliphatic hydroxyl groups is 1. The van der Waals surface area contributed by atoms with E-state index in [-0.39, 0.29) is 114 Å². The topological polar surface area (TPSA) is 284 Å². The van der Waals surface area contributed by atoms with Crippen LogP contribution < -0.4 is 0 Å². The van der Waals surface area contributed by atoms with Gasteiger partial charge in [0.2, 0.25) is 70.9 Å². The van der Waals surface area contributed by atoms with Crippen LogP contribution in [-0.2, 0) is 62.3 Å². The molecular formula is C122H259N13O14. The van der Waals surface area contributed by atoms with E-state index in [0.29, 0.717) is 41.4 Å². The van der Waals surface area contributed by atoms with Crippen molar-refractivity contribution in [3.05, 3.63) is 0 Å². The summed E-state index contributed by atoms with van der Waals surface area (Å²) in [7, 11) is 29.0. The molecule has 0 aromatic rings. The molecular weight excluding hydrogens is 1870 g/mol.